The Bertz CT molecular complexity index is 2070. The van der Waals surface area contributed by atoms with Crippen LogP contribution in [-0.4, -0.2) is 16.7 Å². The van der Waals surface area contributed by atoms with E-state index in [4.69, 9.17) is 9.47 Å². The molecule has 6 heteroatoms. The zero-order valence-electron chi connectivity index (χ0n) is 27.4. The first-order chi connectivity index (χ1) is 22.2. The quantitative estimate of drug-likeness (QED) is 0.132. The van der Waals surface area contributed by atoms with Crippen LogP contribution >= 0.6 is 0 Å². The number of pyridine rings is 2. The van der Waals surface area contributed by atoms with Crippen molar-refractivity contribution in [3.8, 4) is 45.5 Å². The van der Waals surface area contributed by atoms with Crippen LogP contribution < -0.4 is 25.9 Å². The van der Waals surface area contributed by atoms with E-state index in [0.29, 0.717) is 0 Å². The van der Waals surface area contributed by atoms with Gasteiger partial charge < -0.3 is 19.4 Å². The van der Waals surface area contributed by atoms with E-state index in [2.05, 4.69) is 118 Å². The molecule has 1 radical (unpaired) electrons. The molecular formula is C41H35BIrN2O2-2. The van der Waals surface area contributed by atoms with E-state index < -0.39 is 0 Å². The Hall–Kier alpha value is -4.51. The minimum Gasteiger partial charge on any atom is -0.503 e. The van der Waals surface area contributed by atoms with Crippen molar-refractivity contribution in [1.29, 1.82) is 0 Å². The molecule has 0 aliphatic carbocycles. The van der Waals surface area contributed by atoms with Crippen LogP contribution in [0.3, 0.4) is 0 Å². The van der Waals surface area contributed by atoms with Gasteiger partial charge in [0.15, 0.2) is 0 Å². The van der Waals surface area contributed by atoms with Gasteiger partial charge in [0.1, 0.15) is 11.5 Å². The molecule has 4 heterocycles. The Morgan fingerprint density at radius 2 is 1.38 bits per heavy atom. The number of nitrogens with zero attached hydrogens (tertiary/aromatic N) is 2. The first-order valence-electron chi connectivity index (χ1n) is 15.7. The second-order valence-electron chi connectivity index (χ2n) is 13.1. The maximum Gasteiger partial charge on any atom is 0.239 e. The van der Waals surface area contributed by atoms with Crippen LogP contribution in [0, 0.1) is 32.9 Å². The summed E-state index contributed by atoms with van der Waals surface area (Å²) in [6.45, 7) is 12.9. The van der Waals surface area contributed by atoms with Gasteiger partial charge in [-0.05, 0) is 70.9 Å². The fourth-order valence-corrected chi connectivity index (χ4v) is 5.98. The Labute approximate surface area is 291 Å². The maximum atomic E-state index is 6.50. The summed E-state index contributed by atoms with van der Waals surface area (Å²) in [4.78, 5) is 9.09. The van der Waals surface area contributed by atoms with Crippen molar-refractivity contribution in [1.82, 2.24) is 9.97 Å². The fourth-order valence-electron chi connectivity index (χ4n) is 5.98. The van der Waals surface area contributed by atoms with Crippen molar-refractivity contribution in [3.05, 3.63) is 138 Å². The third-order valence-corrected chi connectivity index (χ3v) is 8.76. The number of benzene rings is 4. The smallest absolute Gasteiger partial charge is 0.239 e. The molecule has 4 nitrogen and oxygen atoms in total. The molecule has 0 fully saturated rings. The van der Waals surface area contributed by atoms with Gasteiger partial charge in [-0.25, -0.2) is 0 Å². The van der Waals surface area contributed by atoms with E-state index in [9.17, 15) is 0 Å². The van der Waals surface area contributed by atoms with Crippen molar-refractivity contribution in [2.24, 2.45) is 0 Å². The number of hydrogen-bond donors (Lipinski definition) is 0. The predicted molar refractivity (Wildman–Crippen MR) is 188 cm³/mol. The van der Waals surface area contributed by atoms with Crippen LogP contribution in [0.1, 0.15) is 43.0 Å². The third-order valence-electron chi connectivity index (χ3n) is 8.76. The van der Waals surface area contributed by atoms with Crippen molar-refractivity contribution >= 4 is 23.1 Å². The van der Waals surface area contributed by atoms with E-state index >= 15 is 0 Å². The van der Waals surface area contributed by atoms with E-state index in [1.54, 1.807) is 0 Å². The Morgan fingerprint density at radius 1 is 0.681 bits per heavy atom. The van der Waals surface area contributed by atoms with Gasteiger partial charge >= 0.3 is 0 Å². The monoisotopic (exact) mass is 791 g/mol. The molecule has 0 atom stereocenters. The van der Waals surface area contributed by atoms with Gasteiger partial charge in [-0.2, -0.15) is 0 Å². The second-order valence-corrected chi connectivity index (χ2v) is 13.1. The molecule has 8 rings (SSSR count). The van der Waals surface area contributed by atoms with Crippen molar-refractivity contribution in [2.45, 2.75) is 47.0 Å². The van der Waals surface area contributed by atoms with Crippen molar-refractivity contribution in [3.63, 3.8) is 0 Å². The van der Waals surface area contributed by atoms with Crippen LogP contribution in [0.15, 0.2) is 103 Å². The molecule has 2 aromatic heterocycles. The zero-order valence-corrected chi connectivity index (χ0v) is 29.8. The molecule has 235 valence electrons. The zero-order chi connectivity index (χ0) is 32.0. The molecule has 0 amide bonds. The molecular weight excluding hydrogens is 755 g/mol. The second kappa shape index (κ2) is 12.9. The molecule has 0 N–H and O–H groups in total. The summed E-state index contributed by atoms with van der Waals surface area (Å²) in [6, 6.07) is 37.5. The molecule has 2 aliphatic rings. The normalized spacial score (nSPS) is 12.2. The molecule has 4 aromatic carbocycles. The van der Waals surface area contributed by atoms with Gasteiger partial charge in [-0.1, -0.05) is 92.8 Å². The molecule has 0 saturated carbocycles. The van der Waals surface area contributed by atoms with E-state index in [0.717, 1.165) is 61.9 Å². The molecule has 2 aliphatic heterocycles. The number of aromatic nitrogens is 2. The summed E-state index contributed by atoms with van der Waals surface area (Å²) in [6.07, 6.45) is 3.79. The Balaban J connectivity index is 0.000000204. The number of aryl methyl sites for hydroxylation is 3. The fraction of sp³-hybridized carbons (Fsp3) is 0.171. The molecule has 0 unspecified atom stereocenters. The van der Waals surface area contributed by atoms with Crippen LogP contribution in [-0.2, 0) is 25.5 Å². The number of fused-ring (bicyclic) bond motifs is 4. The summed E-state index contributed by atoms with van der Waals surface area (Å²) >= 11 is 0. The van der Waals surface area contributed by atoms with E-state index in [1.165, 1.54) is 22.3 Å². The summed E-state index contributed by atoms with van der Waals surface area (Å²) in [7, 11) is 0. The number of hydrogen-bond acceptors (Lipinski definition) is 4. The third kappa shape index (κ3) is 6.28. The SMILES string of the molecule is CC(C)(C)c1ccnc(-c2[c-]cc3c4c2Oc2ccccc2B4c2ccccc2O3)c1.Cc1c[c-]c(-c2cc(C)c(C)cn2)cc1.[Ir]. The summed E-state index contributed by atoms with van der Waals surface area (Å²) < 4.78 is 12.8. The largest absolute Gasteiger partial charge is 0.503 e. The van der Waals surface area contributed by atoms with Gasteiger partial charge in [0.25, 0.3) is 0 Å². The van der Waals surface area contributed by atoms with Gasteiger partial charge in [0, 0.05) is 44.0 Å². The Kier molecular flexibility index (Phi) is 8.94. The summed E-state index contributed by atoms with van der Waals surface area (Å²) in [5, 5.41) is 0. The van der Waals surface area contributed by atoms with Gasteiger partial charge in [0.2, 0.25) is 6.71 Å². The van der Waals surface area contributed by atoms with Crippen LogP contribution in [0.2, 0.25) is 0 Å². The van der Waals surface area contributed by atoms with Crippen molar-refractivity contribution < 1.29 is 29.6 Å². The van der Waals surface area contributed by atoms with Crippen molar-refractivity contribution in [2.75, 3.05) is 0 Å². The van der Waals surface area contributed by atoms with Crippen LogP contribution in [0.5, 0.6) is 23.0 Å². The number of para-hydroxylation sites is 2. The van der Waals surface area contributed by atoms with Crippen LogP contribution in [0.25, 0.3) is 22.5 Å². The van der Waals surface area contributed by atoms with Gasteiger partial charge in [0.05, 0.1) is 0 Å². The average Bonchev–Trinajstić information content (AvgIpc) is 3.06. The number of rotatable bonds is 2. The van der Waals surface area contributed by atoms with E-state index in [1.807, 2.05) is 48.8 Å². The molecule has 0 saturated heterocycles. The minimum absolute atomic E-state index is 0. The maximum absolute atomic E-state index is 6.50. The van der Waals surface area contributed by atoms with Gasteiger partial charge in [-0.3, -0.25) is 0 Å². The molecule has 6 aromatic rings. The first kappa shape index (κ1) is 32.4. The molecule has 0 spiro atoms. The first-order valence-corrected chi connectivity index (χ1v) is 15.7. The van der Waals surface area contributed by atoms with E-state index in [-0.39, 0.29) is 32.2 Å². The standard InChI is InChI=1S/C27H21BNO2.C14H14N.Ir/c1-27(2,3)17-14-15-29-21(16-17)18-12-13-24-25-26(18)31-23-11-7-5-9-20(23)28(25)19-8-4-6-10-22(19)30-24;1-10-4-6-13(7-5-10)14-8-11(2)12(3)9-15-14;/h4-11,13-16H,1-3H3;4-6,8-9H,1-3H3;/q2*-1;. The van der Waals surface area contributed by atoms with Crippen LogP contribution in [0.4, 0.5) is 0 Å². The molecule has 47 heavy (non-hydrogen) atoms. The Morgan fingerprint density at radius 3 is 2.04 bits per heavy atom. The summed E-state index contributed by atoms with van der Waals surface area (Å²) in [5.74, 6) is 3.34. The summed E-state index contributed by atoms with van der Waals surface area (Å²) in [5.41, 5.74) is 12.1. The average molecular weight is 791 g/mol. The minimum atomic E-state index is 0. The van der Waals surface area contributed by atoms with Gasteiger partial charge in [-0.15, -0.1) is 47.5 Å². The predicted octanol–water partition coefficient (Wildman–Crippen LogP) is 8.05. The number of ether oxygens (including phenoxy) is 2. The topological polar surface area (TPSA) is 44.2 Å². The molecule has 0 bridgehead atoms.